The average molecular weight is 690 g/mol. The van der Waals surface area contributed by atoms with Crippen molar-refractivity contribution >= 4 is 36.9 Å². The molecule has 0 aliphatic carbocycles. The van der Waals surface area contributed by atoms with Gasteiger partial charge in [-0.15, -0.1) is 0 Å². The van der Waals surface area contributed by atoms with Crippen LogP contribution < -0.4 is 16.0 Å². The molecule has 2 fully saturated rings. The lowest BCUT2D eigenvalue weighted by Gasteiger charge is -2.32. The van der Waals surface area contributed by atoms with Crippen molar-refractivity contribution in [3.63, 3.8) is 0 Å². The number of nitrogens with zero attached hydrogens (tertiary/aromatic N) is 6. The van der Waals surface area contributed by atoms with Crippen LogP contribution in [0.3, 0.4) is 0 Å². The third kappa shape index (κ3) is 10.9. The van der Waals surface area contributed by atoms with E-state index in [1.807, 2.05) is 16.1 Å². The summed E-state index contributed by atoms with van der Waals surface area (Å²) in [5.74, 6) is -0.772. The lowest BCUT2D eigenvalue weighted by atomic mass is 10.2. The maximum atomic E-state index is 13.3. The number of halogens is 5. The third-order valence-corrected chi connectivity index (χ3v) is 7.46. The number of carbonyl (C=O) groups excluding carboxylic acids is 2. The van der Waals surface area contributed by atoms with Gasteiger partial charge in [0.2, 0.25) is 0 Å². The Balaban J connectivity index is 0.000000278. The molecule has 2 saturated heterocycles. The second-order valence-corrected chi connectivity index (χ2v) is 11.1. The van der Waals surface area contributed by atoms with E-state index in [-0.39, 0.29) is 24.0 Å². The van der Waals surface area contributed by atoms with Crippen molar-refractivity contribution < 1.29 is 41.4 Å². The normalized spacial score (nSPS) is 16.5. The van der Waals surface area contributed by atoms with E-state index in [4.69, 9.17) is 9.90 Å². The summed E-state index contributed by atoms with van der Waals surface area (Å²) in [6, 6.07) is 7.30. The van der Waals surface area contributed by atoms with E-state index in [9.17, 15) is 31.5 Å². The molecule has 4 heterocycles. The molecule has 0 spiro atoms. The van der Waals surface area contributed by atoms with Gasteiger partial charge in [0.1, 0.15) is 6.54 Å². The fourth-order valence-electron chi connectivity index (χ4n) is 4.69. The van der Waals surface area contributed by atoms with Gasteiger partial charge in [-0.3, -0.25) is 14.3 Å². The first-order valence-electron chi connectivity index (χ1n) is 14.3. The summed E-state index contributed by atoms with van der Waals surface area (Å²) in [4.78, 5) is 38.4. The third-order valence-electron chi connectivity index (χ3n) is 7.06. The monoisotopic (exact) mass is 689 g/mol. The van der Waals surface area contributed by atoms with E-state index < -0.39 is 36.3 Å². The summed E-state index contributed by atoms with van der Waals surface area (Å²) in [6.07, 6.45) is -4.75. The fraction of sp³-hybridized carbons (Fsp3) is 0.464. The van der Waals surface area contributed by atoms with E-state index in [0.29, 0.717) is 16.4 Å². The molecule has 1 aromatic carbocycles. The van der Waals surface area contributed by atoms with Crippen molar-refractivity contribution in [1.82, 2.24) is 39.2 Å². The number of urea groups is 1. The first-order valence-corrected chi connectivity index (χ1v) is 14.7. The maximum absolute atomic E-state index is 13.3. The zero-order chi connectivity index (χ0) is 34.7. The van der Waals surface area contributed by atoms with E-state index in [1.165, 1.54) is 7.05 Å². The van der Waals surface area contributed by atoms with Crippen LogP contribution in [-0.2, 0) is 24.6 Å². The molecule has 1 atom stereocenters. The van der Waals surface area contributed by atoms with Gasteiger partial charge in [-0.05, 0) is 32.0 Å². The van der Waals surface area contributed by atoms with E-state index in [1.54, 1.807) is 24.3 Å². The Morgan fingerprint density at radius 1 is 1.17 bits per heavy atom. The van der Waals surface area contributed by atoms with Gasteiger partial charge >= 0.3 is 12.2 Å². The molecule has 258 valence electrons. The number of nitrogens with one attached hydrogen (secondary N) is 3. The smallest absolute Gasteiger partial charge is 0.435 e. The molecule has 3 amide bonds. The highest BCUT2D eigenvalue weighted by molar-refractivity contribution is 7.77. The molecule has 19 heteroatoms. The molecule has 0 saturated carbocycles. The molecule has 3 aromatic rings. The number of carboxylic acid groups (broad SMARTS) is 1. The summed E-state index contributed by atoms with van der Waals surface area (Å²) in [5, 5.41) is 19.0. The van der Waals surface area contributed by atoms with E-state index in [2.05, 4.69) is 38.8 Å². The van der Waals surface area contributed by atoms with Crippen LogP contribution in [0.5, 0.6) is 0 Å². The number of imidazole rings is 1. The van der Waals surface area contributed by atoms with Crippen LogP contribution in [0.4, 0.5) is 32.4 Å². The van der Waals surface area contributed by atoms with Crippen LogP contribution >= 0.6 is 12.8 Å². The first-order chi connectivity index (χ1) is 22.2. The van der Waals surface area contributed by atoms with Crippen LogP contribution in [-0.4, -0.2) is 104 Å². The highest BCUT2D eigenvalue weighted by Crippen LogP contribution is 2.36. The highest BCUT2D eigenvalue weighted by atomic mass is 32.1. The minimum absolute atomic E-state index is 0.0742. The number of thiol groups is 1. The Kier molecular flexibility index (Phi) is 13.5. The fourth-order valence-corrected chi connectivity index (χ4v) is 4.87. The van der Waals surface area contributed by atoms with Crippen LogP contribution in [0.2, 0.25) is 0 Å². The lowest BCUT2D eigenvalue weighted by Crippen LogP contribution is -2.52. The number of piperazine rings is 1. The van der Waals surface area contributed by atoms with Crippen molar-refractivity contribution in [3.8, 4) is 11.3 Å². The lowest BCUT2D eigenvalue weighted by molar-refractivity contribution is -0.141. The van der Waals surface area contributed by atoms with Crippen LogP contribution in [0.15, 0.2) is 36.7 Å². The Labute approximate surface area is 272 Å². The second-order valence-electron chi connectivity index (χ2n) is 10.5. The summed E-state index contributed by atoms with van der Waals surface area (Å²) in [6.45, 7) is 5.79. The molecule has 0 unspecified atom stereocenters. The topological polar surface area (TPSA) is 150 Å². The Morgan fingerprint density at radius 3 is 2.36 bits per heavy atom. The predicted molar refractivity (Wildman–Crippen MR) is 165 cm³/mol. The van der Waals surface area contributed by atoms with Gasteiger partial charge in [0.15, 0.2) is 11.5 Å². The Morgan fingerprint density at radius 2 is 1.81 bits per heavy atom. The number of aryl methyl sites for hydroxylation is 1. The molecular formula is C28H36F5N9O4S. The minimum atomic E-state index is -4.86. The van der Waals surface area contributed by atoms with Crippen molar-refractivity contribution in [1.29, 1.82) is 0 Å². The van der Waals surface area contributed by atoms with Crippen LogP contribution in [0.1, 0.15) is 28.3 Å². The van der Waals surface area contributed by atoms with E-state index >= 15 is 0 Å². The molecule has 5 rings (SSSR count). The number of aromatic nitrogens is 4. The average Bonchev–Trinajstić information content (AvgIpc) is 3.75. The first kappa shape index (κ1) is 37.2. The molecule has 0 bridgehead atoms. The van der Waals surface area contributed by atoms with Gasteiger partial charge < -0.3 is 30.5 Å². The summed E-state index contributed by atoms with van der Waals surface area (Å²) >= 11 is 4.25. The Bertz CT molecular complexity index is 1470. The van der Waals surface area contributed by atoms with Crippen LogP contribution in [0, 0.1) is 6.92 Å². The van der Waals surface area contributed by atoms with Gasteiger partial charge in [0.05, 0.1) is 17.5 Å². The van der Waals surface area contributed by atoms with Crippen molar-refractivity contribution in [2.24, 2.45) is 7.05 Å². The molecule has 47 heavy (non-hydrogen) atoms. The SMILES string of the molecule is Cc1ccc(NC(=O)c2ncc(-c3cn(CC(F)F)nc3C(F)(F)F)n2C)cc1.O=C(N[C@H]1CCNC1)N1CCN(S)CC1.O=CO. The summed E-state index contributed by atoms with van der Waals surface area (Å²) < 4.78 is 68.8. The molecule has 13 nitrogen and oxygen atoms in total. The summed E-state index contributed by atoms with van der Waals surface area (Å²) in [5.41, 5.74) is -0.366. The zero-order valence-electron chi connectivity index (χ0n) is 25.5. The number of alkyl halides is 5. The molecule has 2 aromatic heterocycles. The number of hydrogen-bond acceptors (Lipinski definition) is 8. The van der Waals surface area contributed by atoms with Gasteiger partial charge in [0, 0.05) is 57.7 Å². The number of hydrogen-bond donors (Lipinski definition) is 5. The van der Waals surface area contributed by atoms with Crippen LogP contribution in [0.25, 0.3) is 11.3 Å². The molecule has 4 N–H and O–H groups in total. The molecule has 2 aliphatic heterocycles. The molecule has 2 aliphatic rings. The largest absolute Gasteiger partial charge is 0.483 e. The number of rotatable bonds is 6. The van der Waals surface area contributed by atoms with Gasteiger partial charge in [-0.25, -0.2) is 22.9 Å². The summed E-state index contributed by atoms with van der Waals surface area (Å²) in [7, 11) is 1.36. The number of carbonyl (C=O) groups is 3. The van der Waals surface area contributed by atoms with Gasteiger partial charge in [-0.1, -0.05) is 30.5 Å². The van der Waals surface area contributed by atoms with E-state index in [0.717, 1.165) is 68.2 Å². The predicted octanol–water partition coefficient (Wildman–Crippen LogP) is 3.35. The van der Waals surface area contributed by atoms with Crippen molar-refractivity contribution in [2.75, 3.05) is 44.6 Å². The standard InChI is InChI=1S/C18H16F5N5O.C9H18N4OS.CH2O2/c1-10-3-5-11(6-4-10)25-17(29)16-24-7-13(27(16)2)12-8-28(9-14(19)20)26-15(12)18(21,22)23;14-9(11-8-1-2-10-7-8)12-3-5-13(15)6-4-12;2-1-3/h3-8,14H,9H2,1-2H3,(H,25,29);8,10,15H,1-7H2,(H,11,14);1H,(H,2,3)/t;8-;/m.0./s1. The van der Waals surface area contributed by atoms with Crippen molar-refractivity contribution in [2.45, 2.75) is 38.5 Å². The highest BCUT2D eigenvalue weighted by Gasteiger charge is 2.39. The zero-order valence-corrected chi connectivity index (χ0v) is 26.4. The number of benzene rings is 1. The van der Waals surface area contributed by atoms with Gasteiger partial charge in [-0.2, -0.15) is 18.3 Å². The Hall–Kier alpha value is -4.23. The second kappa shape index (κ2) is 17.1. The van der Waals surface area contributed by atoms with Crippen molar-refractivity contribution in [3.05, 3.63) is 53.7 Å². The molecule has 0 radical (unpaired) electrons. The maximum Gasteiger partial charge on any atom is 0.435 e. The number of amides is 3. The van der Waals surface area contributed by atoms with Gasteiger partial charge in [0.25, 0.3) is 18.8 Å². The minimum Gasteiger partial charge on any atom is -0.483 e. The quantitative estimate of drug-likeness (QED) is 0.150. The number of anilines is 1. The molecular weight excluding hydrogens is 653 g/mol.